The van der Waals surface area contributed by atoms with Crippen LogP contribution in [0, 0.1) is 11.8 Å². The Hall–Kier alpha value is -1.02. The second-order valence-electron chi connectivity index (χ2n) is 6.12. The maximum atomic E-state index is 6.13. The molecule has 18 heavy (non-hydrogen) atoms. The summed E-state index contributed by atoms with van der Waals surface area (Å²) < 4.78 is 0. The van der Waals surface area contributed by atoms with Gasteiger partial charge in [-0.25, -0.2) is 0 Å². The van der Waals surface area contributed by atoms with Gasteiger partial charge >= 0.3 is 0 Å². The van der Waals surface area contributed by atoms with Crippen LogP contribution in [0.1, 0.15) is 31.7 Å². The Labute approximate surface area is 110 Å². The van der Waals surface area contributed by atoms with E-state index in [2.05, 4.69) is 36.1 Å². The van der Waals surface area contributed by atoms with Gasteiger partial charge in [-0.05, 0) is 55.2 Å². The summed E-state index contributed by atoms with van der Waals surface area (Å²) in [5.74, 6) is 1.64. The molecule has 0 amide bonds. The van der Waals surface area contributed by atoms with Crippen LogP contribution in [0.25, 0.3) is 0 Å². The van der Waals surface area contributed by atoms with Crippen LogP contribution >= 0.6 is 0 Å². The van der Waals surface area contributed by atoms with Gasteiger partial charge in [-0.2, -0.15) is 0 Å². The Balaban J connectivity index is 1.73. The van der Waals surface area contributed by atoms with Gasteiger partial charge < -0.3 is 10.6 Å². The number of fused-ring (bicyclic) bond motifs is 2. The first-order valence-corrected chi connectivity index (χ1v) is 7.34. The van der Waals surface area contributed by atoms with Gasteiger partial charge in [-0.1, -0.05) is 19.1 Å². The van der Waals surface area contributed by atoms with Crippen molar-refractivity contribution in [3.05, 3.63) is 29.8 Å². The molecule has 0 spiro atoms. The fourth-order valence-electron chi connectivity index (χ4n) is 3.77. The molecule has 2 unspecified atom stereocenters. The minimum absolute atomic E-state index is 0.457. The summed E-state index contributed by atoms with van der Waals surface area (Å²) >= 11 is 0. The van der Waals surface area contributed by atoms with Crippen LogP contribution in [-0.4, -0.2) is 19.1 Å². The Morgan fingerprint density at radius 1 is 1.06 bits per heavy atom. The van der Waals surface area contributed by atoms with Gasteiger partial charge in [0.2, 0.25) is 0 Å². The topological polar surface area (TPSA) is 29.3 Å². The molecule has 1 aromatic carbocycles. The van der Waals surface area contributed by atoms with E-state index in [9.17, 15) is 0 Å². The van der Waals surface area contributed by atoms with Gasteiger partial charge in [0.05, 0.1) is 0 Å². The van der Waals surface area contributed by atoms with E-state index in [1.165, 1.54) is 43.6 Å². The maximum Gasteiger partial charge on any atom is 0.0366 e. The molecule has 1 heterocycles. The molecule has 2 aliphatic rings. The summed E-state index contributed by atoms with van der Waals surface area (Å²) in [6, 6.07) is 9.58. The third-order valence-electron chi connectivity index (χ3n) is 4.61. The molecular formula is C16H24N2. The van der Waals surface area contributed by atoms with E-state index in [0.717, 1.165) is 18.3 Å². The number of rotatable bonds is 2. The lowest BCUT2D eigenvalue weighted by Crippen LogP contribution is -2.47. The molecule has 2 bridgehead atoms. The van der Waals surface area contributed by atoms with Crippen molar-refractivity contribution >= 4 is 5.69 Å². The number of hydrogen-bond acceptors (Lipinski definition) is 2. The fraction of sp³-hybridized carbons (Fsp3) is 0.625. The van der Waals surface area contributed by atoms with Crippen LogP contribution < -0.4 is 10.6 Å². The first-order chi connectivity index (χ1) is 8.74. The van der Waals surface area contributed by atoms with Crippen molar-refractivity contribution in [2.24, 2.45) is 17.6 Å². The van der Waals surface area contributed by atoms with E-state index in [4.69, 9.17) is 5.73 Å². The quantitative estimate of drug-likeness (QED) is 0.867. The standard InChI is InChI=1S/C16H24N2/c1-2-12-3-5-16(6-4-12)18-10-13-7-14(11-18)9-15(17)8-13/h3-6,13-15H,2,7-11,17H2,1H3. The average Bonchev–Trinajstić information content (AvgIpc) is 2.37. The zero-order chi connectivity index (χ0) is 12.5. The van der Waals surface area contributed by atoms with E-state index in [0.29, 0.717) is 6.04 Å². The maximum absolute atomic E-state index is 6.13. The molecule has 1 aromatic rings. The first kappa shape index (κ1) is 12.0. The molecule has 0 radical (unpaired) electrons. The van der Waals surface area contributed by atoms with Gasteiger partial charge in [-0.3, -0.25) is 0 Å². The molecule has 3 rings (SSSR count). The molecule has 2 N–H and O–H groups in total. The van der Waals surface area contributed by atoms with Crippen molar-refractivity contribution < 1.29 is 0 Å². The van der Waals surface area contributed by atoms with E-state index < -0.39 is 0 Å². The molecule has 2 atom stereocenters. The Morgan fingerprint density at radius 3 is 2.22 bits per heavy atom. The van der Waals surface area contributed by atoms with Crippen LogP contribution in [-0.2, 0) is 6.42 Å². The van der Waals surface area contributed by atoms with Crippen LogP contribution in [0.2, 0.25) is 0 Å². The predicted molar refractivity (Wildman–Crippen MR) is 76.8 cm³/mol. The normalized spacial score (nSPS) is 31.4. The number of hydrogen-bond donors (Lipinski definition) is 1. The largest absolute Gasteiger partial charge is 0.371 e. The van der Waals surface area contributed by atoms with Crippen molar-refractivity contribution in [1.82, 2.24) is 0 Å². The van der Waals surface area contributed by atoms with Gasteiger partial charge in [0, 0.05) is 24.8 Å². The van der Waals surface area contributed by atoms with Crippen LogP contribution in [0.4, 0.5) is 5.69 Å². The predicted octanol–water partition coefficient (Wildman–Crippen LogP) is 2.81. The highest BCUT2D eigenvalue weighted by atomic mass is 15.1. The van der Waals surface area contributed by atoms with Crippen molar-refractivity contribution in [3.63, 3.8) is 0 Å². The summed E-state index contributed by atoms with van der Waals surface area (Å²) in [4.78, 5) is 2.57. The highest BCUT2D eigenvalue weighted by molar-refractivity contribution is 5.48. The summed E-state index contributed by atoms with van der Waals surface area (Å²) in [5, 5.41) is 0. The van der Waals surface area contributed by atoms with Crippen molar-refractivity contribution in [3.8, 4) is 0 Å². The Morgan fingerprint density at radius 2 is 1.67 bits per heavy atom. The molecule has 0 aromatic heterocycles. The Kier molecular flexibility index (Phi) is 3.29. The molecule has 1 aliphatic heterocycles. The smallest absolute Gasteiger partial charge is 0.0366 e. The minimum atomic E-state index is 0.457. The third kappa shape index (κ3) is 2.39. The molecule has 2 fully saturated rings. The van der Waals surface area contributed by atoms with Crippen molar-refractivity contribution in [2.75, 3.05) is 18.0 Å². The van der Waals surface area contributed by atoms with Gasteiger partial charge in [-0.15, -0.1) is 0 Å². The molecule has 1 saturated carbocycles. The van der Waals surface area contributed by atoms with Crippen LogP contribution in [0.3, 0.4) is 0 Å². The highest BCUT2D eigenvalue weighted by Gasteiger charge is 2.33. The molecule has 1 saturated heterocycles. The molecular weight excluding hydrogens is 220 g/mol. The molecule has 1 aliphatic carbocycles. The number of nitrogens with zero attached hydrogens (tertiary/aromatic N) is 1. The number of benzene rings is 1. The van der Waals surface area contributed by atoms with E-state index in [1.54, 1.807) is 0 Å². The summed E-state index contributed by atoms with van der Waals surface area (Å²) in [7, 11) is 0. The van der Waals surface area contributed by atoms with Crippen molar-refractivity contribution in [2.45, 2.75) is 38.6 Å². The second kappa shape index (κ2) is 4.93. The van der Waals surface area contributed by atoms with Gasteiger partial charge in [0.25, 0.3) is 0 Å². The number of piperidine rings is 1. The monoisotopic (exact) mass is 244 g/mol. The van der Waals surface area contributed by atoms with Crippen LogP contribution in [0.15, 0.2) is 24.3 Å². The molecule has 2 nitrogen and oxygen atoms in total. The number of aryl methyl sites for hydroxylation is 1. The molecule has 2 heteroatoms. The van der Waals surface area contributed by atoms with Crippen molar-refractivity contribution in [1.29, 1.82) is 0 Å². The Bertz CT molecular complexity index is 380. The lowest BCUT2D eigenvalue weighted by molar-refractivity contribution is 0.208. The van der Waals surface area contributed by atoms with E-state index in [-0.39, 0.29) is 0 Å². The lowest BCUT2D eigenvalue weighted by atomic mass is 9.75. The molecule has 98 valence electrons. The number of nitrogens with two attached hydrogens (primary N) is 1. The fourth-order valence-corrected chi connectivity index (χ4v) is 3.77. The summed E-state index contributed by atoms with van der Waals surface area (Å²) in [6.07, 6.45) is 4.97. The van der Waals surface area contributed by atoms with Gasteiger partial charge in [0.1, 0.15) is 0 Å². The lowest BCUT2D eigenvalue weighted by Gasteiger charge is -2.44. The minimum Gasteiger partial charge on any atom is -0.371 e. The second-order valence-corrected chi connectivity index (χ2v) is 6.12. The highest BCUT2D eigenvalue weighted by Crippen LogP contribution is 2.35. The third-order valence-corrected chi connectivity index (χ3v) is 4.61. The summed E-state index contributed by atoms with van der Waals surface area (Å²) in [5.41, 5.74) is 8.96. The average molecular weight is 244 g/mol. The SMILES string of the molecule is CCc1ccc(N2CC3CC(N)CC(C3)C2)cc1. The zero-order valence-electron chi connectivity index (χ0n) is 11.3. The summed E-state index contributed by atoms with van der Waals surface area (Å²) in [6.45, 7) is 4.62. The van der Waals surface area contributed by atoms with E-state index in [1.807, 2.05) is 0 Å². The van der Waals surface area contributed by atoms with Crippen LogP contribution in [0.5, 0.6) is 0 Å². The van der Waals surface area contributed by atoms with Gasteiger partial charge in [0.15, 0.2) is 0 Å². The first-order valence-electron chi connectivity index (χ1n) is 7.34. The number of anilines is 1. The van der Waals surface area contributed by atoms with E-state index >= 15 is 0 Å². The zero-order valence-corrected chi connectivity index (χ0v) is 11.3.